The fourth-order valence-corrected chi connectivity index (χ4v) is 1.23. The summed E-state index contributed by atoms with van der Waals surface area (Å²) < 4.78 is 19.2. The molecule has 0 saturated carbocycles. The second-order valence-corrected chi connectivity index (χ2v) is 3.54. The van der Waals surface area contributed by atoms with Gasteiger partial charge in [0, 0.05) is 4.57 Å². The maximum atomic E-state index is 11.1. The highest BCUT2D eigenvalue weighted by atomic mass is 31.1. The quantitative estimate of drug-likeness (QED) is 0.449. The molecule has 0 aliphatic carbocycles. The van der Waals surface area contributed by atoms with Gasteiger partial charge in [0.25, 0.3) is 6.23 Å². The summed E-state index contributed by atoms with van der Waals surface area (Å²) in [6.45, 7) is 0.0406. The maximum Gasteiger partial charge on any atom is 0.696 e. The smallest absolute Gasteiger partial charge is 0.458 e. The summed E-state index contributed by atoms with van der Waals surface area (Å²) in [6.07, 6.45) is -1.54. The summed E-state index contributed by atoms with van der Waals surface area (Å²) >= 11 is 0. The lowest BCUT2D eigenvalue weighted by atomic mass is 10.2. The zero-order valence-corrected chi connectivity index (χ0v) is 9.17. The second kappa shape index (κ2) is 6.30. The lowest BCUT2D eigenvalue weighted by Gasteiger charge is -2.06. The first kappa shape index (κ1) is 12.7. The van der Waals surface area contributed by atoms with E-state index in [9.17, 15) is 9.36 Å². The van der Waals surface area contributed by atoms with Gasteiger partial charge in [-0.05, 0) is 5.56 Å². The van der Waals surface area contributed by atoms with E-state index in [0.717, 1.165) is 5.56 Å². The van der Waals surface area contributed by atoms with Crippen molar-refractivity contribution >= 4 is 14.2 Å². The standard InChI is InChI=1S/C9H10NO5P/c10-8(15-16(12)13)9(11)14-6-7-4-2-1-3-5-7/h1-5,8H,6,10H2/p+1. The number of esters is 1. The molecule has 2 unspecified atom stereocenters. The molecule has 1 aromatic carbocycles. The number of ether oxygens (including phenoxy) is 1. The van der Waals surface area contributed by atoms with Crippen LogP contribution in [0.25, 0.3) is 0 Å². The minimum atomic E-state index is -2.91. The van der Waals surface area contributed by atoms with Crippen LogP contribution in [0.15, 0.2) is 30.3 Å². The Balaban J connectivity index is 2.38. The molecule has 1 rings (SSSR count). The Hall–Kier alpha value is -1.33. The van der Waals surface area contributed by atoms with Gasteiger partial charge in [-0.2, -0.15) is 0 Å². The van der Waals surface area contributed by atoms with Crippen molar-refractivity contribution < 1.29 is 23.5 Å². The Kier molecular flexibility index (Phi) is 5.01. The summed E-state index contributed by atoms with van der Waals surface area (Å²) in [5, 5.41) is 0. The van der Waals surface area contributed by atoms with Crippen LogP contribution in [0, 0.1) is 0 Å². The molecule has 2 atom stereocenters. The molecule has 7 heteroatoms. The second-order valence-electron chi connectivity index (χ2n) is 2.86. The first-order valence-corrected chi connectivity index (χ1v) is 5.51. The zero-order valence-electron chi connectivity index (χ0n) is 8.28. The molecule has 0 aliphatic rings. The van der Waals surface area contributed by atoms with Gasteiger partial charge in [-0.25, -0.2) is 4.79 Å². The normalized spacial score (nSPS) is 13.0. The fourth-order valence-electron chi connectivity index (χ4n) is 0.951. The molecule has 6 nitrogen and oxygen atoms in total. The van der Waals surface area contributed by atoms with Crippen LogP contribution >= 0.6 is 8.25 Å². The van der Waals surface area contributed by atoms with E-state index >= 15 is 0 Å². The highest BCUT2D eigenvalue weighted by Crippen LogP contribution is 2.16. The van der Waals surface area contributed by atoms with E-state index in [0.29, 0.717) is 0 Å². The van der Waals surface area contributed by atoms with Crippen LogP contribution < -0.4 is 5.73 Å². The molecule has 0 saturated heterocycles. The van der Waals surface area contributed by atoms with Crippen LogP contribution in [0.1, 0.15) is 5.56 Å². The summed E-state index contributed by atoms with van der Waals surface area (Å²) in [4.78, 5) is 19.5. The van der Waals surface area contributed by atoms with Gasteiger partial charge >= 0.3 is 14.2 Å². The minimum Gasteiger partial charge on any atom is -0.458 e. The van der Waals surface area contributed by atoms with Crippen molar-refractivity contribution in [2.24, 2.45) is 5.73 Å². The van der Waals surface area contributed by atoms with Crippen LogP contribution in [0.2, 0.25) is 0 Å². The van der Waals surface area contributed by atoms with Crippen molar-refractivity contribution in [3.05, 3.63) is 35.9 Å². The molecule has 0 amide bonds. The largest absolute Gasteiger partial charge is 0.696 e. The summed E-state index contributed by atoms with van der Waals surface area (Å²) in [7, 11) is -2.91. The van der Waals surface area contributed by atoms with E-state index in [4.69, 9.17) is 15.4 Å². The lowest BCUT2D eigenvalue weighted by molar-refractivity contribution is -0.153. The predicted molar refractivity (Wildman–Crippen MR) is 55.1 cm³/mol. The molecule has 0 aliphatic heterocycles. The van der Waals surface area contributed by atoms with Gasteiger partial charge < -0.3 is 4.74 Å². The number of nitrogens with two attached hydrogens (primary N) is 1. The van der Waals surface area contributed by atoms with Gasteiger partial charge in [0.1, 0.15) is 6.61 Å². The van der Waals surface area contributed by atoms with Gasteiger partial charge in [-0.15, -0.1) is 4.89 Å². The number of hydrogen-bond acceptors (Lipinski definition) is 5. The van der Waals surface area contributed by atoms with E-state index in [1.54, 1.807) is 24.3 Å². The molecular weight excluding hydrogens is 233 g/mol. The number of hydrogen-bond donors (Lipinski definition) is 2. The van der Waals surface area contributed by atoms with E-state index in [1.807, 2.05) is 6.07 Å². The van der Waals surface area contributed by atoms with Crippen molar-refractivity contribution in [3.63, 3.8) is 0 Å². The molecule has 0 bridgehead atoms. The number of rotatable bonds is 5. The van der Waals surface area contributed by atoms with Gasteiger partial charge in [0.2, 0.25) is 0 Å². The Morgan fingerprint density at radius 3 is 2.62 bits per heavy atom. The van der Waals surface area contributed by atoms with Crippen molar-refractivity contribution in [3.8, 4) is 0 Å². The first-order valence-electron chi connectivity index (χ1n) is 4.38. The molecule has 1 aromatic rings. The molecular formula is C9H11NO5P+. The zero-order chi connectivity index (χ0) is 12.0. The summed E-state index contributed by atoms with van der Waals surface area (Å²) in [6, 6.07) is 8.96. The predicted octanol–water partition coefficient (Wildman–Crippen LogP) is 0.681. The summed E-state index contributed by atoms with van der Waals surface area (Å²) in [5.41, 5.74) is 5.93. The molecule has 0 radical (unpaired) electrons. The Bertz CT molecular complexity index is 369. The van der Waals surface area contributed by atoms with Gasteiger partial charge in [0.05, 0.1) is 0 Å². The maximum absolute atomic E-state index is 11.1. The van der Waals surface area contributed by atoms with Crippen molar-refractivity contribution in [2.45, 2.75) is 12.8 Å². The van der Waals surface area contributed by atoms with Crippen LogP contribution in [-0.2, 0) is 25.2 Å². The summed E-state index contributed by atoms with van der Waals surface area (Å²) in [5.74, 6) is -0.888. The average Bonchev–Trinajstić information content (AvgIpc) is 2.26. The first-order chi connectivity index (χ1) is 7.59. The topological polar surface area (TPSA) is 98.9 Å². The van der Waals surface area contributed by atoms with Crippen molar-refractivity contribution in [2.75, 3.05) is 0 Å². The third kappa shape index (κ3) is 4.46. The molecule has 0 fully saturated rings. The number of benzene rings is 1. The SMILES string of the molecule is NC(O[P+](=O)O)C(=O)OCc1ccccc1. The molecule has 3 N–H and O–H groups in total. The van der Waals surface area contributed by atoms with Crippen molar-refractivity contribution in [1.29, 1.82) is 0 Å². The molecule has 0 spiro atoms. The third-order valence-corrected chi connectivity index (χ3v) is 2.07. The minimum absolute atomic E-state index is 0.0406. The molecule has 16 heavy (non-hydrogen) atoms. The number of carbonyl (C=O) groups is 1. The highest BCUT2D eigenvalue weighted by Gasteiger charge is 2.27. The van der Waals surface area contributed by atoms with Gasteiger partial charge in [-0.3, -0.25) is 5.73 Å². The van der Waals surface area contributed by atoms with Crippen LogP contribution in [0.5, 0.6) is 0 Å². The van der Waals surface area contributed by atoms with Crippen LogP contribution in [0.3, 0.4) is 0 Å². The third-order valence-electron chi connectivity index (χ3n) is 1.66. The van der Waals surface area contributed by atoms with Gasteiger partial charge in [-0.1, -0.05) is 34.9 Å². The Morgan fingerprint density at radius 1 is 1.44 bits per heavy atom. The van der Waals surface area contributed by atoms with Crippen LogP contribution in [-0.4, -0.2) is 17.1 Å². The average molecular weight is 244 g/mol. The Labute approximate surface area is 92.9 Å². The molecule has 86 valence electrons. The monoisotopic (exact) mass is 244 g/mol. The highest BCUT2D eigenvalue weighted by molar-refractivity contribution is 7.32. The molecule has 0 heterocycles. The van der Waals surface area contributed by atoms with Crippen molar-refractivity contribution in [1.82, 2.24) is 0 Å². The van der Waals surface area contributed by atoms with Crippen LogP contribution in [0.4, 0.5) is 0 Å². The van der Waals surface area contributed by atoms with Gasteiger partial charge in [0.15, 0.2) is 0 Å². The Morgan fingerprint density at radius 2 is 2.06 bits per heavy atom. The van der Waals surface area contributed by atoms with E-state index in [1.165, 1.54) is 0 Å². The fraction of sp³-hybridized carbons (Fsp3) is 0.222. The van der Waals surface area contributed by atoms with E-state index in [-0.39, 0.29) is 6.61 Å². The lowest BCUT2D eigenvalue weighted by Crippen LogP contribution is -2.33. The molecule has 0 aromatic heterocycles. The number of carbonyl (C=O) groups excluding carboxylic acids is 1. The van der Waals surface area contributed by atoms with E-state index in [2.05, 4.69) is 4.52 Å². The van der Waals surface area contributed by atoms with E-state index < -0.39 is 20.5 Å².